The van der Waals surface area contributed by atoms with Gasteiger partial charge in [-0.3, -0.25) is 9.78 Å². The number of nitrogens with zero attached hydrogens (tertiary/aromatic N) is 2. The molecule has 0 radical (unpaired) electrons. The molecule has 0 N–H and O–H groups in total. The molecule has 2 heterocycles. The van der Waals surface area contributed by atoms with Crippen LogP contribution in [0.3, 0.4) is 0 Å². The number of hydrogen-bond donors (Lipinski definition) is 0. The van der Waals surface area contributed by atoms with Crippen LogP contribution in [-0.2, 0) is 0 Å². The molecule has 0 aliphatic carbocycles. The van der Waals surface area contributed by atoms with Crippen LogP contribution in [0.2, 0.25) is 5.02 Å². The molecule has 26 heavy (non-hydrogen) atoms. The van der Waals surface area contributed by atoms with Crippen molar-refractivity contribution in [3.05, 3.63) is 71.5 Å². The molecule has 1 amide bonds. The number of hydrogen-bond acceptors (Lipinski definition) is 3. The fourth-order valence-corrected chi connectivity index (χ4v) is 3.49. The molecule has 4 rings (SSSR count). The van der Waals surface area contributed by atoms with Crippen LogP contribution in [0, 0.1) is 0 Å². The smallest absolute Gasteiger partial charge is 0.254 e. The fraction of sp³-hybridized carbons (Fsp3) is 0.238. The molecular weight excluding hydrogens is 348 g/mol. The van der Waals surface area contributed by atoms with Gasteiger partial charge in [-0.05, 0) is 41.8 Å². The van der Waals surface area contributed by atoms with Gasteiger partial charge in [-0.1, -0.05) is 23.7 Å². The number of piperidine rings is 1. The quantitative estimate of drug-likeness (QED) is 0.681. The first-order chi connectivity index (χ1) is 12.7. The zero-order valence-corrected chi connectivity index (χ0v) is 15.0. The van der Waals surface area contributed by atoms with Crippen LogP contribution in [0.15, 0.2) is 60.9 Å². The van der Waals surface area contributed by atoms with Crippen molar-refractivity contribution in [1.82, 2.24) is 9.88 Å². The number of carbonyl (C=O) groups is 1. The predicted octanol–water partition coefficient (Wildman–Crippen LogP) is 4.57. The van der Waals surface area contributed by atoms with E-state index in [1.54, 1.807) is 12.4 Å². The van der Waals surface area contributed by atoms with Gasteiger partial charge in [0, 0.05) is 54.3 Å². The van der Waals surface area contributed by atoms with Gasteiger partial charge in [0.05, 0.1) is 0 Å². The van der Waals surface area contributed by atoms with E-state index < -0.39 is 0 Å². The van der Waals surface area contributed by atoms with Gasteiger partial charge in [-0.2, -0.15) is 0 Å². The summed E-state index contributed by atoms with van der Waals surface area (Å²) in [6.45, 7) is 1.39. The second kappa shape index (κ2) is 7.34. The number of amides is 1. The normalized spacial score (nSPS) is 15.2. The molecule has 0 bridgehead atoms. The number of halogens is 1. The van der Waals surface area contributed by atoms with E-state index >= 15 is 0 Å². The minimum atomic E-state index is 0.0757. The van der Waals surface area contributed by atoms with E-state index in [-0.39, 0.29) is 12.0 Å². The summed E-state index contributed by atoms with van der Waals surface area (Å²) in [5, 5.41) is 2.63. The molecule has 2 aromatic carbocycles. The van der Waals surface area contributed by atoms with Crippen LogP contribution in [0.25, 0.3) is 10.8 Å². The van der Waals surface area contributed by atoms with Gasteiger partial charge < -0.3 is 9.64 Å². The number of ether oxygens (including phenoxy) is 1. The summed E-state index contributed by atoms with van der Waals surface area (Å²) in [5.74, 6) is 0.896. The maximum Gasteiger partial charge on any atom is 0.254 e. The average molecular weight is 367 g/mol. The van der Waals surface area contributed by atoms with Gasteiger partial charge in [0.25, 0.3) is 5.91 Å². The van der Waals surface area contributed by atoms with Crippen LogP contribution >= 0.6 is 11.6 Å². The van der Waals surface area contributed by atoms with E-state index in [0.717, 1.165) is 34.9 Å². The lowest BCUT2D eigenvalue weighted by Gasteiger charge is -2.32. The number of likely N-dealkylation sites (tertiary alicyclic amines) is 1. The number of carbonyl (C=O) groups excluding carboxylic acids is 1. The highest BCUT2D eigenvalue weighted by Crippen LogP contribution is 2.24. The SMILES string of the molecule is O=C(c1cccc2cnccc12)N1CCC(Oc2ccc(Cl)cc2)CC1. The third-order valence-electron chi connectivity index (χ3n) is 4.76. The third kappa shape index (κ3) is 3.51. The molecule has 0 unspecified atom stereocenters. The molecule has 1 aliphatic rings. The molecule has 1 aromatic heterocycles. The first kappa shape index (κ1) is 16.9. The van der Waals surface area contributed by atoms with Crippen molar-refractivity contribution in [3.63, 3.8) is 0 Å². The van der Waals surface area contributed by atoms with Gasteiger partial charge in [0.1, 0.15) is 11.9 Å². The highest BCUT2D eigenvalue weighted by Gasteiger charge is 2.25. The first-order valence-electron chi connectivity index (χ1n) is 8.75. The summed E-state index contributed by atoms with van der Waals surface area (Å²) in [6, 6.07) is 15.1. The Hall–Kier alpha value is -2.59. The lowest BCUT2D eigenvalue weighted by atomic mass is 10.0. The summed E-state index contributed by atoms with van der Waals surface area (Å²) in [5.41, 5.74) is 0.738. The Bertz CT molecular complexity index is 913. The van der Waals surface area contributed by atoms with Crippen LogP contribution < -0.4 is 4.74 Å². The van der Waals surface area contributed by atoms with Crippen molar-refractivity contribution >= 4 is 28.3 Å². The molecule has 132 valence electrons. The van der Waals surface area contributed by atoms with E-state index in [1.807, 2.05) is 53.4 Å². The lowest BCUT2D eigenvalue weighted by molar-refractivity contribution is 0.0597. The van der Waals surface area contributed by atoms with Crippen molar-refractivity contribution in [2.24, 2.45) is 0 Å². The Morgan fingerprint density at radius 3 is 2.62 bits per heavy atom. The molecule has 5 heteroatoms. The van der Waals surface area contributed by atoms with Crippen molar-refractivity contribution in [2.45, 2.75) is 18.9 Å². The Morgan fingerprint density at radius 1 is 1.08 bits per heavy atom. The fourth-order valence-electron chi connectivity index (χ4n) is 3.36. The Labute approximate surface area is 157 Å². The number of aromatic nitrogens is 1. The van der Waals surface area contributed by atoms with Crippen molar-refractivity contribution < 1.29 is 9.53 Å². The molecule has 3 aromatic rings. The molecule has 1 saturated heterocycles. The van der Waals surface area contributed by atoms with Gasteiger partial charge in [0.2, 0.25) is 0 Å². The summed E-state index contributed by atoms with van der Waals surface area (Å²) >= 11 is 5.90. The minimum absolute atomic E-state index is 0.0757. The summed E-state index contributed by atoms with van der Waals surface area (Å²) < 4.78 is 6.01. The Kier molecular flexibility index (Phi) is 4.76. The zero-order valence-electron chi connectivity index (χ0n) is 14.3. The lowest BCUT2D eigenvalue weighted by Crippen LogP contribution is -2.41. The average Bonchev–Trinajstić information content (AvgIpc) is 2.69. The van der Waals surface area contributed by atoms with Crippen LogP contribution in [0.5, 0.6) is 5.75 Å². The number of benzene rings is 2. The second-order valence-corrected chi connectivity index (χ2v) is 6.90. The molecule has 1 fully saturated rings. The number of fused-ring (bicyclic) bond motifs is 1. The molecule has 0 saturated carbocycles. The Morgan fingerprint density at radius 2 is 1.85 bits per heavy atom. The number of pyridine rings is 1. The first-order valence-corrected chi connectivity index (χ1v) is 9.13. The van der Waals surface area contributed by atoms with Crippen LogP contribution in [0.4, 0.5) is 0 Å². The minimum Gasteiger partial charge on any atom is -0.490 e. The largest absolute Gasteiger partial charge is 0.490 e. The molecule has 1 aliphatic heterocycles. The summed E-state index contributed by atoms with van der Waals surface area (Å²) in [4.78, 5) is 19.0. The van der Waals surface area contributed by atoms with Crippen molar-refractivity contribution in [1.29, 1.82) is 0 Å². The molecule has 0 spiro atoms. The van der Waals surface area contributed by atoms with Crippen molar-refractivity contribution in [2.75, 3.05) is 13.1 Å². The molecule has 0 atom stereocenters. The predicted molar refractivity (Wildman–Crippen MR) is 103 cm³/mol. The summed E-state index contributed by atoms with van der Waals surface area (Å²) in [7, 11) is 0. The second-order valence-electron chi connectivity index (χ2n) is 6.47. The van der Waals surface area contributed by atoms with E-state index in [4.69, 9.17) is 16.3 Å². The Balaban J connectivity index is 1.42. The van der Waals surface area contributed by atoms with Crippen LogP contribution in [-0.4, -0.2) is 35.0 Å². The molecule has 4 nitrogen and oxygen atoms in total. The van der Waals surface area contributed by atoms with E-state index in [2.05, 4.69) is 4.98 Å². The molecular formula is C21H19ClN2O2. The van der Waals surface area contributed by atoms with E-state index in [9.17, 15) is 4.79 Å². The van der Waals surface area contributed by atoms with Gasteiger partial charge in [-0.15, -0.1) is 0 Å². The summed E-state index contributed by atoms with van der Waals surface area (Å²) in [6.07, 6.45) is 5.28. The standard InChI is InChI=1S/C21H19ClN2O2/c22-16-4-6-17(7-5-16)26-18-9-12-24(13-10-18)21(25)20-3-1-2-15-14-23-11-8-19(15)20/h1-8,11,14,18H,9-10,12-13H2. The highest BCUT2D eigenvalue weighted by atomic mass is 35.5. The van der Waals surface area contributed by atoms with Gasteiger partial charge in [0.15, 0.2) is 0 Å². The maximum absolute atomic E-state index is 13.0. The van der Waals surface area contributed by atoms with Crippen LogP contribution in [0.1, 0.15) is 23.2 Å². The van der Waals surface area contributed by atoms with Gasteiger partial charge in [-0.25, -0.2) is 0 Å². The van der Waals surface area contributed by atoms with E-state index in [1.165, 1.54) is 0 Å². The van der Waals surface area contributed by atoms with E-state index in [0.29, 0.717) is 18.1 Å². The monoisotopic (exact) mass is 366 g/mol. The van der Waals surface area contributed by atoms with Gasteiger partial charge >= 0.3 is 0 Å². The highest BCUT2D eigenvalue weighted by molar-refractivity contribution is 6.30. The maximum atomic E-state index is 13.0. The zero-order chi connectivity index (χ0) is 17.9. The third-order valence-corrected chi connectivity index (χ3v) is 5.01. The number of rotatable bonds is 3. The topological polar surface area (TPSA) is 42.4 Å². The van der Waals surface area contributed by atoms with Crippen molar-refractivity contribution in [3.8, 4) is 5.75 Å².